The van der Waals surface area contributed by atoms with Gasteiger partial charge in [0.1, 0.15) is 12.7 Å². The fourth-order valence-corrected chi connectivity index (χ4v) is 3.44. The van der Waals surface area contributed by atoms with Crippen molar-refractivity contribution in [3.63, 3.8) is 0 Å². The molecule has 0 aromatic heterocycles. The van der Waals surface area contributed by atoms with E-state index in [1.54, 1.807) is 0 Å². The minimum absolute atomic E-state index is 0.0547. The highest BCUT2D eigenvalue weighted by Gasteiger charge is 2.43. The average molecular weight is 305 g/mol. The third-order valence-corrected chi connectivity index (χ3v) is 5.28. The van der Waals surface area contributed by atoms with Crippen molar-refractivity contribution < 1.29 is 14.6 Å². The number of likely N-dealkylation sites (tertiary alicyclic amines) is 1. The smallest absolute Gasteiger partial charge is 0.161 e. The lowest BCUT2D eigenvalue weighted by atomic mass is 9.70. The molecule has 0 aliphatic carbocycles. The van der Waals surface area contributed by atoms with Crippen LogP contribution in [0.3, 0.4) is 0 Å². The van der Waals surface area contributed by atoms with Gasteiger partial charge in [-0.05, 0) is 45.4 Å². The van der Waals surface area contributed by atoms with Gasteiger partial charge in [0, 0.05) is 18.5 Å². The Labute approximate surface area is 133 Å². The molecule has 22 heavy (non-hydrogen) atoms. The molecule has 2 atom stereocenters. The highest BCUT2D eigenvalue weighted by Crippen LogP contribution is 2.39. The van der Waals surface area contributed by atoms with Gasteiger partial charge < -0.3 is 14.6 Å². The van der Waals surface area contributed by atoms with E-state index in [0.29, 0.717) is 6.61 Å². The van der Waals surface area contributed by atoms with Crippen LogP contribution in [0.15, 0.2) is 24.3 Å². The predicted molar refractivity (Wildman–Crippen MR) is 86.4 cm³/mol. The summed E-state index contributed by atoms with van der Waals surface area (Å²) in [4.78, 5) is 2.41. The van der Waals surface area contributed by atoms with Gasteiger partial charge in [-0.15, -0.1) is 0 Å². The second-order valence-corrected chi connectivity index (χ2v) is 7.46. The Morgan fingerprint density at radius 1 is 1.32 bits per heavy atom. The van der Waals surface area contributed by atoms with Crippen LogP contribution in [0.4, 0.5) is 0 Å². The molecule has 4 nitrogen and oxygen atoms in total. The number of nitrogens with zero attached hydrogens (tertiary/aromatic N) is 1. The van der Waals surface area contributed by atoms with Crippen molar-refractivity contribution in [3.05, 3.63) is 24.3 Å². The Kier molecular flexibility index (Phi) is 4.08. The van der Waals surface area contributed by atoms with Gasteiger partial charge in [0.2, 0.25) is 0 Å². The number of piperidine rings is 1. The van der Waals surface area contributed by atoms with E-state index in [9.17, 15) is 5.11 Å². The standard InChI is InChI=1S/C18H27NO3/c1-17(2,20)18(3)9-6-10-19(13-18)11-14-12-21-15-7-4-5-8-16(15)22-14/h4-5,7-8,14,20H,6,9-13H2,1-3H3. The van der Waals surface area contributed by atoms with Crippen molar-refractivity contribution in [3.8, 4) is 11.5 Å². The molecule has 0 bridgehead atoms. The maximum atomic E-state index is 10.5. The first-order valence-corrected chi connectivity index (χ1v) is 8.21. The van der Waals surface area contributed by atoms with E-state index in [2.05, 4.69) is 11.8 Å². The number of aliphatic hydroxyl groups is 1. The summed E-state index contributed by atoms with van der Waals surface area (Å²) < 4.78 is 11.9. The number of rotatable bonds is 3. The molecule has 2 heterocycles. The third kappa shape index (κ3) is 3.08. The van der Waals surface area contributed by atoms with Gasteiger partial charge in [0.25, 0.3) is 0 Å². The molecule has 1 aromatic carbocycles. The van der Waals surface area contributed by atoms with Crippen LogP contribution >= 0.6 is 0 Å². The molecule has 0 radical (unpaired) electrons. The van der Waals surface area contributed by atoms with Crippen LogP contribution in [-0.2, 0) is 0 Å². The average Bonchev–Trinajstić information content (AvgIpc) is 2.46. The van der Waals surface area contributed by atoms with Crippen LogP contribution in [0.1, 0.15) is 33.6 Å². The Morgan fingerprint density at radius 3 is 2.77 bits per heavy atom. The first-order chi connectivity index (χ1) is 10.4. The lowest BCUT2D eigenvalue weighted by Gasteiger charge is -2.48. The van der Waals surface area contributed by atoms with E-state index >= 15 is 0 Å². The zero-order valence-corrected chi connectivity index (χ0v) is 13.8. The van der Waals surface area contributed by atoms with Gasteiger partial charge >= 0.3 is 0 Å². The van der Waals surface area contributed by atoms with Crippen molar-refractivity contribution in [2.24, 2.45) is 5.41 Å². The van der Waals surface area contributed by atoms with Crippen molar-refractivity contribution in [2.45, 2.75) is 45.3 Å². The second-order valence-electron chi connectivity index (χ2n) is 7.46. The number of ether oxygens (including phenoxy) is 2. The van der Waals surface area contributed by atoms with Gasteiger partial charge in [0.05, 0.1) is 5.60 Å². The Morgan fingerprint density at radius 2 is 2.05 bits per heavy atom. The van der Waals surface area contributed by atoms with E-state index in [-0.39, 0.29) is 11.5 Å². The molecule has 0 saturated carbocycles. The summed E-state index contributed by atoms with van der Waals surface area (Å²) in [6.45, 7) is 9.44. The molecule has 1 N–H and O–H groups in total. The van der Waals surface area contributed by atoms with Crippen LogP contribution in [0.5, 0.6) is 11.5 Å². The molecule has 122 valence electrons. The molecule has 1 saturated heterocycles. The molecular weight excluding hydrogens is 278 g/mol. The van der Waals surface area contributed by atoms with Gasteiger partial charge in [-0.3, -0.25) is 4.90 Å². The van der Waals surface area contributed by atoms with E-state index < -0.39 is 5.60 Å². The maximum absolute atomic E-state index is 10.5. The minimum Gasteiger partial charge on any atom is -0.486 e. The molecule has 2 unspecified atom stereocenters. The number of hydrogen-bond donors (Lipinski definition) is 1. The molecule has 2 aliphatic heterocycles. The lowest BCUT2D eigenvalue weighted by molar-refractivity contribution is -0.0888. The second kappa shape index (κ2) is 5.74. The van der Waals surface area contributed by atoms with Crippen LogP contribution in [-0.4, -0.2) is 48.0 Å². The van der Waals surface area contributed by atoms with Crippen LogP contribution in [0.2, 0.25) is 0 Å². The molecule has 1 aromatic rings. The van der Waals surface area contributed by atoms with E-state index in [4.69, 9.17) is 9.47 Å². The minimum atomic E-state index is -0.664. The highest BCUT2D eigenvalue weighted by molar-refractivity contribution is 5.40. The van der Waals surface area contributed by atoms with Gasteiger partial charge in [-0.25, -0.2) is 0 Å². The summed E-state index contributed by atoms with van der Waals surface area (Å²) in [6, 6.07) is 7.83. The largest absolute Gasteiger partial charge is 0.486 e. The number of fused-ring (bicyclic) bond motifs is 1. The van der Waals surface area contributed by atoms with E-state index in [1.807, 2.05) is 38.1 Å². The molecule has 2 aliphatic rings. The van der Waals surface area contributed by atoms with Crippen molar-refractivity contribution in [1.29, 1.82) is 0 Å². The summed E-state index contributed by atoms with van der Waals surface area (Å²) >= 11 is 0. The third-order valence-electron chi connectivity index (χ3n) is 5.28. The highest BCUT2D eigenvalue weighted by atomic mass is 16.6. The van der Waals surface area contributed by atoms with Gasteiger partial charge in [-0.2, -0.15) is 0 Å². The van der Waals surface area contributed by atoms with Gasteiger partial charge in [-0.1, -0.05) is 19.1 Å². The first kappa shape index (κ1) is 15.6. The zero-order chi connectivity index (χ0) is 15.8. The number of hydrogen-bond acceptors (Lipinski definition) is 4. The predicted octanol–water partition coefficient (Wildman–Crippen LogP) is 2.70. The summed E-state index contributed by atoms with van der Waals surface area (Å²) in [7, 11) is 0. The quantitative estimate of drug-likeness (QED) is 0.932. The molecule has 3 rings (SSSR count). The maximum Gasteiger partial charge on any atom is 0.161 e. The van der Waals surface area contributed by atoms with Gasteiger partial charge in [0.15, 0.2) is 11.5 Å². The van der Waals surface area contributed by atoms with Crippen molar-refractivity contribution in [1.82, 2.24) is 4.90 Å². The van der Waals surface area contributed by atoms with Crippen LogP contribution in [0.25, 0.3) is 0 Å². The summed E-state index contributed by atoms with van der Waals surface area (Å²) in [6.07, 6.45) is 2.24. The molecular formula is C18H27NO3. The number of benzene rings is 1. The van der Waals surface area contributed by atoms with Crippen LogP contribution in [0, 0.1) is 5.41 Å². The molecule has 1 fully saturated rings. The first-order valence-electron chi connectivity index (χ1n) is 8.21. The fourth-order valence-electron chi connectivity index (χ4n) is 3.44. The Hall–Kier alpha value is -1.26. The normalized spacial score (nSPS) is 29.4. The zero-order valence-electron chi connectivity index (χ0n) is 13.8. The van der Waals surface area contributed by atoms with E-state index in [0.717, 1.165) is 44.0 Å². The molecule has 0 spiro atoms. The van der Waals surface area contributed by atoms with Crippen LogP contribution < -0.4 is 9.47 Å². The fraction of sp³-hybridized carbons (Fsp3) is 0.667. The molecule has 0 amide bonds. The monoisotopic (exact) mass is 305 g/mol. The summed E-state index contributed by atoms with van der Waals surface area (Å²) in [5.41, 5.74) is -0.735. The Bertz CT molecular complexity index is 525. The SMILES string of the molecule is CC(C)(O)C1(C)CCCN(CC2COc3ccccc3O2)C1. The lowest BCUT2D eigenvalue weighted by Crippen LogP contribution is -2.54. The number of para-hydroxylation sites is 2. The molecule has 4 heteroatoms. The van der Waals surface area contributed by atoms with Crippen molar-refractivity contribution in [2.75, 3.05) is 26.2 Å². The van der Waals surface area contributed by atoms with Crippen molar-refractivity contribution >= 4 is 0 Å². The summed E-state index contributed by atoms with van der Waals surface area (Å²) in [5, 5.41) is 10.5. The topological polar surface area (TPSA) is 41.9 Å². The summed E-state index contributed by atoms with van der Waals surface area (Å²) in [5.74, 6) is 1.67. The van der Waals surface area contributed by atoms with E-state index in [1.165, 1.54) is 0 Å². The Balaban J connectivity index is 1.62.